The molecule has 1 N–H and O–H groups in total. The van der Waals surface area contributed by atoms with E-state index >= 15 is 0 Å². The van der Waals surface area contributed by atoms with Crippen LogP contribution in [0.5, 0.6) is 0 Å². The molecule has 0 saturated heterocycles. The van der Waals surface area contributed by atoms with E-state index in [-0.39, 0.29) is 18.1 Å². The van der Waals surface area contributed by atoms with Crippen molar-refractivity contribution in [3.05, 3.63) is 70.3 Å². The van der Waals surface area contributed by atoms with E-state index in [1.54, 1.807) is 0 Å². The number of nitrogens with one attached hydrogen (secondary N) is 1. The molecule has 186 valence electrons. The summed E-state index contributed by atoms with van der Waals surface area (Å²) < 4.78 is 120. The van der Waals surface area contributed by atoms with Crippen LogP contribution in [0.2, 0.25) is 0 Å². The van der Waals surface area contributed by atoms with Gasteiger partial charge in [-0.25, -0.2) is 4.79 Å². The minimum Gasteiger partial charge on any atom is -0.467 e. The lowest BCUT2D eigenvalue weighted by atomic mass is 10.0. The predicted molar refractivity (Wildman–Crippen MR) is 99.2 cm³/mol. The first-order valence-corrected chi connectivity index (χ1v) is 9.32. The molecule has 0 fully saturated rings. The van der Waals surface area contributed by atoms with Gasteiger partial charge in [0.2, 0.25) is 5.91 Å². The van der Waals surface area contributed by atoms with Crippen LogP contribution in [0.3, 0.4) is 0 Å². The molecular formula is C21H16F9NO3. The van der Waals surface area contributed by atoms with Gasteiger partial charge in [-0.15, -0.1) is 0 Å². The number of esters is 1. The monoisotopic (exact) mass is 501 g/mol. The Balaban J connectivity index is 2.23. The van der Waals surface area contributed by atoms with Crippen molar-refractivity contribution >= 4 is 11.9 Å². The molecule has 0 heterocycles. The molecule has 1 atom stereocenters. The van der Waals surface area contributed by atoms with E-state index in [1.807, 2.05) is 0 Å². The average Bonchev–Trinajstić information content (AvgIpc) is 2.70. The van der Waals surface area contributed by atoms with Crippen molar-refractivity contribution in [2.75, 3.05) is 7.11 Å². The number of rotatable bonds is 6. The Morgan fingerprint density at radius 1 is 0.765 bits per heavy atom. The molecule has 0 aliphatic rings. The van der Waals surface area contributed by atoms with Crippen molar-refractivity contribution in [3.8, 4) is 0 Å². The fraction of sp³-hybridized carbons (Fsp3) is 0.333. The summed E-state index contributed by atoms with van der Waals surface area (Å²) >= 11 is 0. The molecule has 4 nitrogen and oxygen atoms in total. The molecule has 1 amide bonds. The van der Waals surface area contributed by atoms with Gasteiger partial charge in [0, 0.05) is 6.42 Å². The zero-order chi connectivity index (χ0) is 25.9. The van der Waals surface area contributed by atoms with Crippen LogP contribution in [0.1, 0.15) is 27.8 Å². The van der Waals surface area contributed by atoms with Crippen LogP contribution in [0.4, 0.5) is 39.5 Å². The highest BCUT2D eigenvalue weighted by Gasteiger charge is 2.37. The number of alkyl halides is 9. The molecule has 0 saturated carbocycles. The third-order valence-corrected chi connectivity index (χ3v) is 4.55. The quantitative estimate of drug-likeness (QED) is 0.438. The summed E-state index contributed by atoms with van der Waals surface area (Å²) in [7, 11) is 0.955. The maximum atomic E-state index is 13.0. The number of carbonyl (C=O) groups excluding carboxylic acids is 2. The van der Waals surface area contributed by atoms with Crippen LogP contribution in [0, 0.1) is 0 Å². The summed E-state index contributed by atoms with van der Waals surface area (Å²) in [5.74, 6) is -2.12. The van der Waals surface area contributed by atoms with Crippen molar-refractivity contribution in [2.45, 2.75) is 37.4 Å². The molecular weight excluding hydrogens is 485 g/mol. The summed E-state index contributed by atoms with van der Waals surface area (Å²) in [5, 5.41) is 2.13. The number of methoxy groups -OCH3 is 1. The van der Waals surface area contributed by atoms with Gasteiger partial charge >= 0.3 is 24.5 Å². The molecule has 2 rings (SSSR count). The maximum Gasteiger partial charge on any atom is 0.416 e. The third-order valence-electron chi connectivity index (χ3n) is 4.55. The van der Waals surface area contributed by atoms with Crippen molar-refractivity contribution in [1.29, 1.82) is 0 Å². The molecule has 2 aromatic carbocycles. The number of ether oxygens (including phenoxy) is 1. The van der Waals surface area contributed by atoms with Gasteiger partial charge in [0.05, 0.1) is 30.2 Å². The molecule has 0 unspecified atom stereocenters. The van der Waals surface area contributed by atoms with E-state index in [0.29, 0.717) is 12.1 Å². The minimum absolute atomic E-state index is 0.0940. The number of halogens is 9. The lowest BCUT2D eigenvalue weighted by molar-refractivity contribution is -0.145. The van der Waals surface area contributed by atoms with Crippen molar-refractivity contribution in [1.82, 2.24) is 5.32 Å². The summed E-state index contributed by atoms with van der Waals surface area (Å²) in [6.45, 7) is 0. The molecule has 13 heteroatoms. The zero-order valence-electron chi connectivity index (χ0n) is 17.2. The summed E-state index contributed by atoms with van der Waals surface area (Å²) in [6, 6.07) is 2.78. The SMILES string of the molecule is COC(=O)[C@@H](Cc1ccc(C(F)(F)F)cc1)NC(=O)Cc1cc(C(F)(F)F)cc(C(F)(F)F)c1. The number of hydrogen-bond acceptors (Lipinski definition) is 3. The minimum atomic E-state index is -5.11. The van der Waals surface area contributed by atoms with Gasteiger partial charge in [0.25, 0.3) is 0 Å². The van der Waals surface area contributed by atoms with Crippen molar-refractivity contribution < 1.29 is 53.8 Å². The lowest BCUT2D eigenvalue weighted by Gasteiger charge is -2.18. The molecule has 34 heavy (non-hydrogen) atoms. The van der Waals surface area contributed by atoms with Crippen LogP contribution >= 0.6 is 0 Å². The van der Waals surface area contributed by atoms with E-state index in [2.05, 4.69) is 10.1 Å². The second-order valence-corrected chi connectivity index (χ2v) is 7.13. The van der Waals surface area contributed by atoms with Gasteiger partial charge in [-0.05, 0) is 41.5 Å². The first-order chi connectivity index (χ1) is 15.5. The first kappa shape index (κ1) is 27.0. The zero-order valence-corrected chi connectivity index (χ0v) is 17.2. The first-order valence-electron chi connectivity index (χ1n) is 9.32. The number of carbonyl (C=O) groups is 2. The van der Waals surface area contributed by atoms with Crippen LogP contribution in [0.15, 0.2) is 42.5 Å². The number of amides is 1. The van der Waals surface area contributed by atoms with Gasteiger partial charge < -0.3 is 10.1 Å². The highest BCUT2D eigenvalue weighted by atomic mass is 19.4. The van der Waals surface area contributed by atoms with E-state index in [4.69, 9.17) is 0 Å². The standard InChI is InChI=1S/C21H16F9NO3/c1-34-18(33)16(8-11-2-4-13(5-3-11)19(22,23)24)31-17(32)9-12-6-14(20(25,26)27)10-15(7-12)21(28,29)30/h2-7,10,16H,8-9H2,1H3,(H,31,32)/t16-/m1/s1. The van der Waals surface area contributed by atoms with Crippen molar-refractivity contribution in [3.63, 3.8) is 0 Å². The Labute approximate surface area is 186 Å². The highest BCUT2D eigenvalue weighted by Crippen LogP contribution is 2.36. The van der Waals surface area contributed by atoms with Gasteiger partial charge in [-0.2, -0.15) is 39.5 Å². The van der Waals surface area contributed by atoms with Gasteiger partial charge in [-0.1, -0.05) is 12.1 Å². The molecule has 0 aromatic heterocycles. The Morgan fingerprint density at radius 3 is 1.65 bits per heavy atom. The Hall–Kier alpha value is -3.25. The van der Waals surface area contributed by atoms with E-state index in [1.165, 1.54) is 0 Å². The second-order valence-electron chi connectivity index (χ2n) is 7.13. The fourth-order valence-corrected chi connectivity index (χ4v) is 2.95. The Kier molecular flexibility index (Phi) is 7.89. The third kappa shape index (κ3) is 7.39. The van der Waals surface area contributed by atoms with Crippen LogP contribution in [0.25, 0.3) is 0 Å². The fourth-order valence-electron chi connectivity index (χ4n) is 2.95. The summed E-state index contributed by atoms with van der Waals surface area (Å²) in [5.41, 5.74) is -4.61. The normalized spacial score (nSPS) is 13.4. The van der Waals surface area contributed by atoms with E-state index in [9.17, 15) is 49.1 Å². The second kappa shape index (κ2) is 9.94. The Bertz CT molecular complexity index is 994. The average molecular weight is 501 g/mol. The van der Waals surface area contributed by atoms with Gasteiger partial charge in [0.15, 0.2) is 0 Å². The smallest absolute Gasteiger partial charge is 0.416 e. The summed E-state index contributed by atoms with van der Waals surface area (Å²) in [6.07, 6.45) is -16.1. The topological polar surface area (TPSA) is 55.4 Å². The van der Waals surface area contributed by atoms with Crippen LogP contribution < -0.4 is 5.32 Å². The van der Waals surface area contributed by atoms with Gasteiger partial charge in [0.1, 0.15) is 6.04 Å². The van der Waals surface area contributed by atoms with Gasteiger partial charge in [-0.3, -0.25) is 4.79 Å². The van der Waals surface area contributed by atoms with Crippen LogP contribution in [-0.4, -0.2) is 25.0 Å². The highest BCUT2D eigenvalue weighted by molar-refractivity contribution is 5.85. The number of benzene rings is 2. The largest absolute Gasteiger partial charge is 0.467 e. The molecule has 0 radical (unpaired) electrons. The van der Waals surface area contributed by atoms with E-state index in [0.717, 1.165) is 31.4 Å². The van der Waals surface area contributed by atoms with Crippen molar-refractivity contribution in [2.24, 2.45) is 0 Å². The van der Waals surface area contributed by atoms with E-state index < -0.39 is 65.1 Å². The lowest BCUT2D eigenvalue weighted by Crippen LogP contribution is -2.43. The maximum absolute atomic E-state index is 13.0. The molecule has 0 aliphatic carbocycles. The molecule has 0 bridgehead atoms. The number of hydrogen-bond donors (Lipinski definition) is 1. The van der Waals surface area contributed by atoms with Crippen LogP contribution in [-0.2, 0) is 45.7 Å². The molecule has 0 aliphatic heterocycles. The predicted octanol–water partition coefficient (Wildman–Crippen LogP) is 5.19. The molecule has 0 spiro atoms. The summed E-state index contributed by atoms with van der Waals surface area (Å²) in [4.78, 5) is 24.3. The molecule has 2 aromatic rings. The Morgan fingerprint density at radius 2 is 1.24 bits per heavy atom.